The van der Waals surface area contributed by atoms with E-state index in [1.807, 2.05) is 0 Å². The molecule has 0 heterocycles. The molecule has 90 valence electrons. The molecule has 1 aromatic rings. The molecule has 0 aliphatic heterocycles. The van der Waals surface area contributed by atoms with Crippen molar-refractivity contribution in [1.29, 1.82) is 0 Å². The van der Waals surface area contributed by atoms with Gasteiger partial charge in [0, 0.05) is 6.42 Å². The molecule has 16 heavy (non-hydrogen) atoms. The molecule has 0 aliphatic carbocycles. The molecule has 0 saturated carbocycles. The highest BCUT2D eigenvalue weighted by molar-refractivity contribution is 5.43. The van der Waals surface area contributed by atoms with Crippen LogP contribution < -0.4 is 10.6 Å². The van der Waals surface area contributed by atoms with Gasteiger partial charge in [0.15, 0.2) is 0 Å². The summed E-state index contributed by atoms with van der Waals surface area (Å²) >= 11 is 0. The molecular formula is C10H12F3NO2. The Morgan fingerprint density at radius 2 is 2.00 bits per heavy atom. The van der Waals surface area contributed by atoms with Gasteiger partial charge in [-0.05, 0) is 11.6 Å². The van der Waals surface area contributed by atoms with Gasteiger partial charge in [0.2, 0.25) is 0 Å². The SMILES string of the molecule is COc1c(CCON)cccc1C(F)(F)F. The Balaban J connectivity index is 3.11. The third kappa shape index (κ3) is 2.86. The third-order valence-corrected chi connectivity index (χ3v) is 2.10. The van der Waals surface area contributed by atoms with Gasteiger partial charge in [-0.2, -0.15) is 13.2 Å². The molecule has 0 aromatic heterocycles. The van der Waals surface area contributed by atoms with E-state index < -0.39 is 11.7 Å². The standard InChI is InChI=1S/C10H12F3NO2/c1-15-9-7(5-6-16-14)3-2-4-8(9)10(11,12)13/h2-4H,5-6,14H2,1H3. The van der Waals surface area contributed by atoms with Gasteiger partial charge in [-0.25, -0.2) is 5.90 Å². The van der Waals surface area contributed by atoms with E-state index >= 15 is 0 Å². The first-order valence-corrected chi connectivity index (χ1v) is 4.55. The number of methoxy groups -OCH3 is 1. The fourth-order valence-electron chi connectivity index (χ4n) is 1.41. The van der Waals surface area contributed by atoms with Gasteiger partial charge in [0.25, 0.3) is 0 Å². The summed E-state index contributed by atoms with van der Waals surface area (Å²) in [6, 6.07) is 3.86. The molecule has 0 spiro atoms. The summed E-state index contributed by atoms with van der Waals surface area (Å²) in [6.07, 6.45) is -4.16. The lowest BCUT2D eigenvalue weighted by Gasteiger charge is -2.15. The zero-order valence-corrected chi connectivity index (χ0v) is 8.67. The van der Waals surface area contributed by atoms with Crippen LogP contribution in [0.5, 0.6) is 5.75 Å². The average molecular weight is 235 g/mol. The molecule has 0 fully saturated rings. The van der Waals surface area contributed by atoms with Crippen molar-refractivity contribution in [3.05, 3.63) is 29.3 Å². The Bertz CT molecular complexity index is 352. The number of para-hydroxylation sites is 1. The second-order valence-electron chi connectivity index (χ2n) is 3.12. The molecule has 1 rings (SSSR count). The van der Waals surface area contributed by atoms with Crippen LogP contribution in [0, 0.1) is 0 Å². The van der Waals surface area contributed by atoms with Crippen LogP contribution in [-0.2, 0) is 17.4 Å². The molecule has 0 aliphatic rings. The first kappa shape index (κ1) is 12.8. The van der Waals surface area contributed by atoms with Gasteiger partial charge >= 0.3 is 6.18 Å². The van der Waals surface area contributed by atoms with Crippen molar-refractivity contribution in [2.45, 2.75) is 12.6 Å². The lowest BCUT2D eigenvalue weighted by Crippen LogP contribution is -2.11. The van der Waals surface area contributed by atoms with Gasteiger partial charge < -0.3 is 9.57 Å². The van der Waals surface area contributed by atoms with Gasteiger partial charge in [-0.3, -0.25) is 0 Å². The maximum Gasteiger partial charge on any atom is 0.419 e. The van der Waals surface area contributed by atoms with Crippen molar-refractivity contribution in [3.63, 3.8) is 0 Å². The predicted octanol–water partition coefficient (Wildman–Crippen LogP) is 2.15. The van der Waals surface area contributed by atoms with E-state index in [4.69, 9.17) is 10.6 Å². The molecule has 0 bridgehead atoms. The number of nitrogens with two attached hydrogens (primary N) is 1. The molecule has 0 unspecified atom stereocenters. The summed E-state index contributed by atoms with van der Waals surface area (Å²) in [4.78, 5) is 4.33. The number of ether oxygens (including phenoxy) is 1. The summed E-state index contributed by atoms with van der Waals surface area (Å²) in [6.45, 7) is 0.137. The fraction of sp³-hybridized carbons (Fsp3) is 0.400. The number of halogens is 3. The lowest BCUT2D eigenvalue weighted by molar-refractivity contribution is -0.138. The van der Waals surface area contributed by atoms with Crippen molar-refractivity contribution >= 4 is 0 Å². The highest BCUT2D eigenvalue weighted by Gasteiger charge is 2.34. The van der Waals surface area contributed by atoms with Crippen molar-refractivity contribution < 1.29 is 22.7 Å². The highest BCUT2D eigenvalue weighted by Crippen LogP contribution is 2.38. The summed E-state index contributed by atoms with van der Waals surface area (Å²) in [5.41, 5.74) is -0.368. The van der Waals surface area contributed by atoms with Crippen molar-refractivity contribution in [1.82, 2.24) is 0 Å². The minimum Gasteiger partial charge on any atom is -0.496 e. The zero-order chi connectivity index (χ0) is 12.2. The van der Waals surface area contributed by atoms with E-state index in [2.05, 4.69) is 4.84 Å². The first-order valence-electron chi connectivity index (χ1n) is 4.55. The van der Waals surface area contributed by atoms with E-state index in [1.54, 1.807) is 6.07 Å². The summed E-state index contributed by atoms with van der Waals surface area (Å²) in [7, 11) is 1.21. The topological polar surface area (TPSA) is 44.5 Å². The summed E-state index contributed by atoms with van der Waals surface area (Å²) < 4.78 is 42.6. The van der Waals surface area contributed by atoms with E-state index in [0.717, 1.165) is 6.07 Å². The monoisotopic (exact) mass is 235 g/mol. The third-order valence-electron chi connectivity index (χ3n) is 2.10. The molecule has 0 saturated heterocycles. The lowest BCUT2D eigenvalue weighted by atomic mass is 10.1. The maximum absolute atomic E-state index is 12.6. The maximum atomic E-state index is 12.6. The highest BCUT2D eigenvalue weighted by atomic mass is 19.4. The van der Waals surface area contributed by atoms with Gasteiger partial charge in [0.05, 0.1) is 19.3 Å². The molecule has 1 aromatic carbocycles. The zero-order valence-electron chi connectivity index (χ0n) is 8.67. The van der Waals surface area contributed by atoms with Crippen molar-refractivity contribution in [2.24, 2.45) is 5.90 Å². The Kier molecular flexibility index (Phi) is 4.14. The Morgan fingerprint density at radius 3 is 2.50 bits per heavy atom. The molecule has 6 heteroatoms. The molecule has 0 amide bonds. The Morgan fingerprint density at radius 1 is 1.31 bits per heavy atom. The number of hydrogen-bond donors (Lipinski definition) is 1. The predicted molar refractivity (Wildman–Crippen MR) is 51.8 cm³/mol. The second kappa shape index (κ2) is 5.18. The normalized spacial score (nSPS) is 11.6. The number of rotatable bonds is 4. The Hall–Kier alpha value is -1.27. The van der Waals surface area contributed by atoms with Crippen LogP contribution in [0.2, 0.25) is 0 Å². The molecule has 2 N–H and O–H groups in total. The van der Waals surface area contributed by atoms with Crippen LogP contribution in [0.15, 0.2) is 18.2 Å². The summed E-state index contributed by atoms with van der Waals surface area (Å²) in [5, 5.41) is 0. The van der Waals surface area contributed by atoms with Crippen molar-refractivity contribution in [3.8, 4) is 5.75 Å². The quantitative estimate of drug-likeness (QED) is 0.813. The van der Waals surface area contributed by atoms with Crippen LogP contribution in [0.4, 0.5) is 13.2 Å². The molecular weight excluding hydrogens is 223 g/mol. The number of benzene rings is 1. The largest absolute Gasteiger partial charge is 0.496 e. The van der Waals surface area contributed by atoms with Gasteiger partial charge in [0.1, 0.15) is 5.75 Å². The fourth-order valence-corrected chi connectivity index (χ4v) is 1.41. The molecule has 0 atom stereocenters. The van der Waals surface area contributed by atoms with Crippen LogP contribution >= 0.6 is 0 Å². The summed E-state index contributed by atoms with van der Waals surface area (Å²) in [5.74, 6) is 4.65. The minimum atomic E-state index is -4.43. The second-order valence-corrected chi connectivity index (χ2v) is 3.12. The minimum absolute atomic E-state index is 0.137. The first-order chi connectivity index (χ1) is 7.50. The van der Waals surface area contributed by atoms with E-state index in [-0.39, 0.29) is 18.8 Å². The van der Waals surface area contributed by atoms with Crippen LogP contribution in [0.25, 0.3) is 0 Å². The van der Waals surface area contributed by atoms with E-state index in [1.165, 1.54) is 13.2 Å². The number of hydrogen-bond acceptors (Lipinski definition) is 3. The smallest absolute Gasteiger partial charge is 0.419 e. The molecule has 0 radical (unpaired) electrons. The van der Waals surface area contributed by atoms with E-state index in [9.17, 15) is 13.2 Å². The van der Waals surface area contributed by atoms with Crippen LogP contribution in [0.1, 0.15) is 11.1 Å². The van der Waals surface area contributed by atoms with Gasteiger partial charge in [-0.15, -0.1) is 0 Å². The Labute approximate surface area is 90.9 Å². The average Bonchev–Trinajstić information content (AvgIpc) is 2.24. The van der Waals surface area contributed by atoms with Crippen molar-refractivity contribution in [2.75, 3.05) is 13.7 Å². The number of alkyl halides is 3. The van der Waals surface area contributed by atoms with E-state index in [0.29, 0.717) is 5.56 Å². The van der Waals surface area contributed by atoms with Crippen LogP contribution in [-0.4, -0.2) is 13.7 Å². The van der Waals surface area contributed by atoms with Gasteiger partial charge in [-0.1, -0.05) is 12.1 Å². The molecule has 3 nitrogen and oxygen atoms in total. The van der Waals surface area contributed by atoms with Crippen LogP contribution in [0.3, 0.4) is 0 Å².